The molecule has 0 radical (unpaired) electrons. The van der Waals surface area contributed by atoms with E-state index in [9.17, 15) is 4.79 Å². The molecular formula is C21H18N4O. The number of amides is 1. The Morgan fingerprint density at radius 1 is 0.923 bits per heavy atom. The van der Waals surface area contributed by atoms with Crippen molar-refractivity contribution in [2.24, 2.45) is 0 Å². The third-order valence-electron chi connectivity index (χ3n) is 4.32. The standard InChI is InChI=1S/C21H18N4O/c1-25(2)21(26)16-10-6-9-15(11-16)17-12-18-19(14-7-4-3-5-8-14)23-24-20(18)22-13-17/h3-13H,1-2H3,(H,22,23,24). The van der Waals surface area contributed by atoms with Crippen molar-refractivity contribution in [1.29, 1.82) is 0 Å². The van der Waals surface area contributed by atoms with E-state index >= 15 is 0 Å². The van der Waals surface area contributed by atoms with Crippen molar-refractivity contribution in [3.05, 3.63) is 72.4 Å². The lowest BCUT2D eigenvalue weighted by Gasteiger charge is -2.11. The first-order valence-corrected chi connectivity index (χ1v) is 8.35. The third-order valence-corrected chi connectivity index (χ3v) is 4.32. The molecule has 0 aliphatic rings. The highest BCUT2D eigenvalue weighted by Crippen LogP contribution is 2.29. The predicted octanol–water partition coefficient (Wildman–Crippen LogP) is 3.99. The minimum Gasteiger partial charge on any atom is -0.345 e. The Bertz CT molecular complexity index is 1080. The van der Waals surface area contributed by atoms with Gasteiger partial charge in [-0.15, -0.1) is 0 Å². The van der Waals surface area contributed by atoms with Crippen LogP contribution in [0, 0.1) is 0 Å². The van der Waals surface area contributed by atoms with Crippen LogP contribution in [0.1, 0.15) is 10.4 Å². The molecule has 2 aromatic heterocycles. The number of carbonyl (C=O) groups is 1. The third kappa shape index (κ3) is 2.84. The maximum absolute atomic E-state index is 12.2. The zero-order valence-electron chi connectivity index (χ0n) is 14.6. The van der Waals surface area contributed by atoms with Gasteiger partial charge in [0, 0.05) is 42.4 Å². The summed E-state index contributed by atoms with van der Waals surface area (Å²) < 4.78 is 0. The molecule has 0 unspecified atom stereocenters. The van der Waals surface area contributed by atoms with Gasteiger partial charge >= 0.3 is 0 Å². The SMILES string of the molecule is CN(C)C(=O)c1cccc(-c2cnc3n[nH]c(-c4ccccc4)c3c2)c1. The maximum Gasteiger partial charge on any atom is 0.253 e. The predicted molar refractivity (Wildman–Crippen MR) is 103 cm³/mol. The van der Waals surface area contributed by atoms with Crippen molar-refractivity contribution in [3.63, 3.8) is 0 Å². The fourth-order valence-electron chi connectivity index (χ4n) is 2.97. The highest BCUT2D eigenvalue weighted by atomic mass is 16.2. The molecule has 0 spiro atoms. The number of aromatic amines is 1. The molecule has 4 rings (SSSR count). The van der Waals surface area contributed by atoms with E-state index in [1.807, 2.05) is 54.6 Å². The van der Waals surface area contributed by atoms with Gasteiger partial charge in [-0.2, -0.15) is 5.10 Å². The van der Waals surface area contributed by atoms with Gasteiger partial charge in [0.25, 0.3) is 5.91 Å². The molecule has 0 atom stereocenters. The Balaban J connectivity index is 1.81. The number of hydrogen-bond donors (Lipinski definition) is 1. The number of carbonyl (C=O) groups excluding carboxylic acids is 1. The lowest BCUT2D eigenvalue weighted by molar-refractivity contribution is 0.0827. The Hall–Kier alpha value is -3.47. The zero-order valence-corrected chi connectivity index (χ0v) is 14.6. The number of H-pyrrole nitrogens is 1. The molecule has 5 nitrogen and oxygen atoms in total. The molecule has 0 fully saturated rings. The summed E-state index contributed by atoms with van der Waals surface area (Å²) in [4.78, 5) is 18.3. The fraction of sp³-hybridized carbons (Fsp3) is 0.0952. The minimum atomic E-state index is -0.0193. The van der Waals surface area contributed by atoms with Crippen molar-refractivity contribution in [3.8, 4) is 22.4 Å². The first kappa shape index (κ1) is 16.0. The number of nitrogens with zero attached hydrogens (tertiary/aromatic N) is 3. The van der Waals surface area contributed by atoms with Crippen molar-refractivity contribution in [2.45, 2.75) is 0 Å². The molecular weight excluding hydrogens is 324 g/mol. The number of aromatic nitrogens is 3. The molecule has 2 aromatic carbocycles. The Kier molecular flexibility index (Phi) is 3.97. The van der Waals surface area contributed by atoms with Gasteiger partial charge < -0.3 is 4.90 Å². The minimum absolute atomic E-state index is 0.0193. The summed E-state index contributed by atoms with van der Waals surface area (Å²) in [6.07, 6.45) is 1.79. The molecule has 128 valence electrons. The van der Waals surface area contributed by atoms with Crippen molar-refractivity contribution in [2.75, 3.05) is 14.1 Å². The maximum atomic E-state index is 12.2. The number of pyridine rings is 1. The summed E-state index contributed by atoms with van der Waals surface area (Å²) in [6, 6.07) is 19.7. The topological polar surface area (TPSA) is 61.9 Å². The Labute approximate surface area is 151 Å². The monoisotopic (exact) mass is 342 g/mol. The van der Waals surface area contributed by atoms with E-state index in [4.69, 9.17) is 0 Å². The summed E-state index contributed by atoms with van der Waals surface area (Å²) in [7, 11) is 3.50. The van der Waals surface area contributed by atoms with Crippen LogP contribution in [0.4, 0.5) is 0 Å². The van der Waals surface area contributed by atoms with Crippen LogP contribution >= 0.6 is 0 Å². The molecule has 1 N–H and O–H groups in total. The molecule has 26 heavy (non-hydrogen) atoms. The summed E-state index contributed by atoms with van der Waals surface area (Å²) in [5.74, 6) is -0.0193. The van der Waals surface area contributed by atoms with Crippen LogP contribution in [0.3, 0.4) is 0 Å². The van der Waals surface area contributed by atoms with Gasteiger partial charge in [0.15, 0.2) is 5.65 Å². The molecule has 0 saturated carbocycles. The summed E-state index contributed by atoms with van der Waals surface area (Å²) in [5, 5.41) is 8.34. The molecule has 0 bridgehead atoms. The van der Waals surface area contributed by atoms with Gasteiger partial charge in [0.05, 0.1) is 5.69 Å². The summed E-state index contributed by atoms with van der Waals surface area (Å²) in [6.45, 7) is 0. The number of fused-ring (bicyclic) bond motifs is 1. The van der Waals surface area contributed by atoms with Crippen LogP contribution in [0.25, 0.3) is 33.4 Å². The van der Waals surface area contributed by atoms with Crippen LogP contribution < -0.4 is 0 Å². The summed E-state index contributed by atoms with van der Waals surface area (Å²) >= 11 is 0. The van der Waals surface area contributed by atoms with E-state index < -0.39 is 0 Å². The van der Waals surface area contributed by atoms with E-state index in [1.54, 1.807) is 25.2 Å². The average Bonchev–Trinajstić information content (AvgIpc) is 3.11. The van der Waals surface area contributed by atoms with E-state index in [-0.39, 0.29) is 5.91 Å². The Morgan fingerprint density at radius 3 is 2.46 bits per heavy atom. The zero-order chi connectivity index (χ0) is 18.1. The lowest BCUT2D eigenvalue weighted by Crippen LogP contribution is -2.21. The second-order valence-electron chi connectivity index (χ2n) is 6.34. The highest BCUT2D eigenvalue weighted by molar-refractivity contribution is 5.96. The van der Waals surface area contributed by atoms with Gasteiger partial charge in [0.2, 0.25) is 0 Å². The summed E-state index contributed by atoms with van der Waals surface area (Å²) in [5.41, 5.74) is 5.23. The van der Waals surface area contributed by atoms with Crippen LogP contribution in [0.2, 0.25) is 0 Å². The first-order valence-electron chi connectivity index (χ1n) is 8.35. The second kappa shape index (κ2) is 6.44. The molecule has 2 heterocycles. The Morgan fingerprint density at radius 2 is 1.69 bits per heavy atom. The quantitative estimate of drug-likeness (QED) is 0.612. The average molecular weight is 342 g/mol. The number of nitrogens with one attached hydrogen (secondary N) is 1. The van der Waals surface area contributed by atoms with Gasteiger partial charge in [-0.25, -0.2) is 4.98 Å². The van der Waals surface area contributed by atoms with Crippen molar-refractivity contribution in [1.82, 2.24) is 20.1 Å². The highest BCUT2D eigenvalue weighted by Gasteiger charge is 2.12. The van der Waals surface area contributed by atoms with Gasteiger partial charge in [-0.05, 0) is 23.8 Å². The smallest absolute Gasteiger partial charge is 0.253 e. The van der Waals surface area contributed by atoms with Crippen LogP contribution in [-0.2, 0) is 0 Å². The van der Waals surface area contributed by atoms with Crippen LogP contribution in [0.15, 0.2) is 66.9 Å². The second-order valence-corrected chi connectivity index (χ2v) is 6.34. The molecule has 0 saturated heterocycles. The number of rotatable bonds is 3. The molecule has 4 aromatic rings. The van der Waals surface area contributed by atoms with Crippen LogP contribution in [0.5, 0.6) is 0 Å². The number of hydrogen-bond acceptors (Lipinski definition) is 3. The number of benzene rings is 2. The van der Waals surface area contributed by atoms with E-state index in [0.29, 0.717) is 11.2 Å². The largest absolute Gasteiger partial charge is 0.345 e. The van der Waals surface area contributed by atoms with Gasteiger partial charge in [-0.1, -0.05) is 42.5 Å². The molecule has 1 amide bonds. The fourth-order valence-corrected chi connectivity index (χ4v) is 2.97. The van der Waals surface area contributed by atoms with E-state index in [2.05, 4.69) is 21.2 Å². The van der Waals surface area contributed by atoms with Crippen molar-refractivity contribution < 1.29 is 4.79 Å². The molecule has 0 aliphatic heterocycles. The van der Waals surface area contributed by atoms with E-state index in [1.165, 1.54) is 0 Å². The molecule has 0 aliphatic carbocycles. The van der Waals surface area contributed by atoms with Gasteiger partial charge in [-0.3, -0.25) is 9.89 Å². The van der Waals surface area contributed by atoms with Gasteiger partial charge in [0.1, 0.15) is 0 Å². The lowest BCUT2D eigenvalue weighted by atomic mass is 10.0. The van der Waals surface area contributed by atoms with Crippen LogP contribution in [-0.4, -0.2) is 40.1 Å². The van der Waals surface area contributed by atoms with Crippen molar-refractivity contribution >= 4 is 16.9 Å². The van der Waals surface area contributed by atoms with E-state index in [0.717, 1.165) is 27.8 Å². The first-order chi connectivity index (χ1) is 12.6. The molecule has 5 heteroatoms. The normalized spacial score (nSPS) is 10.8.